The summed E-state index contributed by atoms with van der Waals surface area (Å²) in [5, 5.41) is -0.202. The minimum atomic E-state index is -0.826. The van der Waals surface area contributed by atoms with E-state index in [9.17, 15) is 8.78 Å². The molecule has 0 nitrogen and oxygen atoms in total. The molecule has 0 spiro atoms. The summed E-state index contributed by atoms with van der Waals surface area (Å²) in [6, 6.07) is 5.97. The summed E-state index contributed by atoms with van der Waals surface area (Å²) in [7, 11) is 0. The summed E-state index contributed by atoms with van der Waals surface area (Å²) in [5.74, 6) is -1.65. The highest BCUT2D eigenvalue weighted by atomic mass is 35.5. The van der Waals surface area contributed by atoms with E-state index in [0.29, 0.717) is 12.0 Å². The van der Waals surface area contributed by atoms with E-state index in [1.807, 2.05) is 13.8 Å². The zero-order valence-corrected chi connectivity index (χ0v) is 11.7. The van der Waals surface area contributed by atoms with Crippen LogP contribution >= 0.6 is 22.9 Å². The summed E-state index contributed by atoms with van der Waals surface area (Å²) >= 11 is 7.96. The highest BCUT2D eigenvalue weighted by Gasteiger charge is 2.14. The first-order valence-corrected chi connectivity index (χ1v) is 6.87. The molecule has 0 saturated carbocycles. The minimum absolute atomic E-state index is 0.202. The molecule has 96 valence electrons. The molecule has 0 radical (unpaired) electrons. The van der Waals surface area contributed by atoms with E-state index < -0.39 is 11.6 Å². The second-order valence-electron chi connectivity index (χ2n) is 4.31. The van der Waals surface area contributed by atoms with Crippen LogP contribution in [0, 0.1) is 25.5 Å². The Balaban J connectivity index is 2.15. The predicted octanol–water partition coefficient (Wildman–Crippen LogP) is 5.17. The molecule has 1 atom stereocenters. The molecule has 1 unspecified atom stereocenters. The third kappa shape index (κ3) is 2.90. The molecular weight excluding hydrogens is 274 g/mol. The molecule has 0 aliphatic carbocycles. The van der Waals surface area contributed by atoms with Crippen molar-refractivity contribution < 1.29 is 8.78 Å². The molecule has 0 fully saturated rings. The molecule has 2 rings (SSSR count). The monoisotopic (exact) mass is 286 g/mol. The Hall–Kier alpha value is -0.930. The van der Waals surface area contributed by atoms with Crippen molar-refractivity contribution in [3.8, 4) is 0 Å². The molecule has 1 aromatic carbocycles. The Bertz CT molecular complexity index is 543. The molecule has 2 aromatic rings. The Morgan fingerprint density at radius 1 is 1.17 bits per heavy atom. The van der Waals surface area contributed by atoms with Gasteiger partial charge in [0.2, 0.25) is 0 Å². The summed E-state index contributed by atoms with van der Waals surface area (Å²) in [6.45, 7) is 4.08. The van der Waals surface area contributed by atoms with Gasteiger partial charge in [-0.2, -0.15) is 0 Å². The Morgan fingerprint density at radius 2 is 1.89 bits per heavy atom. The summed E-state index contributed by atoms with van der Waals surface area (Å²) in [4.78, 5) is 2.30. The second kappa shape index (κ2) is 5.37. The van der Waals surface area contributed by atoms with Crippen molar-refractivity contribution in [1.29, 1.82) is 0 Å². The molecule has 0 amide bonds. The number of hydrogen-bond acceptors (Lipinski definition) is 1. The second-order valence-corrected chi connectivity index (χ2v) is 6.12. The Morgan fingerprint density at radius 3 is 2.44 bits per heavy atom. The van der Waals surface area contributed by atoms with Crippen molar-refractivity contribution in [3.63, 3.8) is 0 Å². The van der Waals surface area contributed by atoms with Gasteiger partial charge in [-0.3, -0.25) is 0 Å². The van der Waals surface area contributed by atoms with Crippen molar-refractivity contribution in [1.82, 2.24) is 0 Å². The molecular formula is C14H13ClF2S. The van der Waals surface area contributed by atoms with Crippen LogP contribution in [0.4, 0.5) is 8.78 Å². The predicted molar refractivity (Wildman–Crippen MR) is 72.4 cm³/mol. The summed E-state index contributed by atoms with van der Waals surface area (Å²) < 4.78 is 25.9. The van der Waals surface area contributed by atoms with Gasteiger partial charge in [0.05, 0.1) is 5.38 Å². The molecule has 0 N–H and O–H groups in total. The smallest absolute Gasteiger partial charge is 0.159 e. The average Bonchev–Trinajstić information content (AvgIpc) is 2.65. The maximum atomic E-state index is 13.1. The first-order chi connectivity index (χ1) is 8.47. The van der Waals surface area contributed by atoms with E-state index in [1.54, 1.807) is 17.4 Å². The van der Waals surface area contributed by atoms with Gasteiger partial charge < -0.3 is 0 Å². The van der Waals surface area contributed by atoms with Crippen LogP contribution in [0.15, 0.2) is 24.3 Å². The number of aryl methyl sites for hydroxylation is 2. The molecule has 18 heavy (non-hydrogen) atoms. The van der Waals surface area contributed by atoms with Gasteiger partial charge in [0, 0.05) is 9.75 Å². The molecule has 0 bridgehead atoms. The van der Waals surface area contributed by atoms with Crippen LogP contribution in [0.3, 0.4) is 0 Å². The molecule has 4 heteroatoms. The third-order valence-electron chi connectivity index (χ3n) is 2.89. The lowest BCUT2D eigenvalue weighted by atomic mass is 10.1. The largest absolute Gasteiger partial charge is 0.204 e. The van der Waals surface area contributed by atoms with Gasteiger partial charge in [0.1, 0.15) is 0 Å². The SMILES string of the molecule is Cc1cc(C(Cl)Cc2ccc(F)c(F)c2)sc1C. The quantitative estimate of drug-likeness (QED) is 0.683. The fourth-order valence-corrected chi connectivity index (χ4v) is 3.13. The van der Waals surface area contributed by atoms with Crippen molar-refractivity contribution >= 4 is 22.9 Å². The highest BCUT2D eigenvalue weighted by Crippen LogP contribution is 2.33. The fourth-order valence-electron chi connectivity index (χ4n) is 1.73. The first kappa shape index (κ1) is 13.5. The van der Waals surface area contributed by atoms with Crippen LogP contribution in [-0.2, 0) is 6.42 Å². The van der Waals surface area contributed by atoms with E-state index in [4.69, 9.17) is 11.6 Å². The van der Waals surface area contributed by atoms with Crippen LogP contribution in [0.1, 0.15) is 26.3 Å². The standard InChI is InChI=1S/C14H13ClF2S/c1-8-5-14(18-9(8)2)11(15)6-10-3-4-12(16)13(17)7-10/h3-5,7,11H,6H2,1-2H3. The van der Waals surface area contributed by atoms with E-state index in [1.165, 1.54) is 16.5 Å². The van der Waals surface area contributed by atoms with E-state index in [0.717, 1.165) is 10.9 Å². The van der Waals surface area contributed by atoms with Crippen LogP contribution in [0.5, 0.6) is 0 Å². The molecule has 0 aliphatic rings. The Kier molecular flexibility index (Phi) is 4.03. The zero-order chi connectivity index (χ0) is 13.3. The van der Waals surface area contributed by atoms with Crippen LogP contribution < -0.4 is 0 Å². The van der Waals surface area contributed by atoms with Gasteiger partial charge in [-0.1, -0.05) is 6.07 Å². The summed E-state index contributed by atoms with van der Waals surface area (Å²) in [6.07, 6.45) is 0.498. The topological polar surface area (TPSA) is 0 Å². The highest BCUT2D eigenvalue weighted by molar-refractivity contribution is 7.12. The molecule has 0 saturated heterocycles. The van der Waals surface area contributed by atoms with Crippen LogP contribution in [0.2, 0.25) is 0 Å². The minimum Gasteiger partial charge on any atom is -0.204 e. The van der Waals surface area contributed by atoms with Gasteiger partial charge in [0.15, 0.2) is 11.6 Å². The zero-order valence-electron chi connectivity index (χ0n) is 10.1. The first-order valence-electron chi connectivity index (χ1n) is 5.62. The lowest BCUT2D eigenvalue weighted by molar-refractivity contribution is 0.507. The van der Waals surface area contributed by atoms with E-state index >= 15 is 0 Å². The molecule has 1 aromatic heterocycles. The number of hydrogen-bond donors (Lipinski definition) is 0. The average molecular weight is 287 g/mol. The molecule has 1 heterocycles. The lowest BCUT2D eigenvalue weighted by Crippen LogP contribution is -1.95. The third-order valence-corrected chi connectivity index (χ3v) is 4.68. The van der Waals surface area contributed by atoms with Gasteiger partial charge in [-0.15, -0.1) is 22.9 Å². The maximum Gasteiger partial charge on any atom is 0.159 e. The maximum absolute atomic E-state index is 13.1. The number of rotatable bonds is 3. The number of benzene rings is 1. The van der Waals surface area contributed by atoms with Gasteiger partial charge >= 0.3 is 0 Å². The van der Waals surface area contributed by atoms with E-state index in [-0.39, 0.29) is 5.38 Å². The number of thiophene rings is 1. The van der Waals surface area contributed by atoms with E-state index in [2.05, 4.69) is 6.07 Å². The number of alkyl halides is 1. The lowest BCUT2D eigenvalue weighted by Gasteiger charge is -2.07. The number of halogens is 3. The van der Waals surface area contributed by atoms with Crippen molar-refractivity contribution in [2.45, 2.75) is 25.6 Å². The van der Waals surface area contributed by atoms with Gasteiger partial charge in [-0.25, -0.2) is 8.78 Å². The Labute approximate surface area is 114 Å². The van der Waals surface area contributed by atoms with Crippen molar-refractivity contribution in [2.24, 2.45) is 0 Å². The fraction of sp³-hybridized carbons (Fsp3) is 0.286. The van der Waals surface area contributed by atoms with Crippen molar-refractivity contribution in [3.05, 3.63) is 56.8 Å². The van der Waals surface area contributed by atoms with Gasteiger partial charge in [0.25, 0.3) is 0 Å². The van der Waals surface area contributed by atoms with Crippen LogP contribution in [-0.4, -0.2) is 0 Å². The van der Waals surface area contributed by atoms with Crippen LogP contribution in [0.25, 0.3) is 0 Å². The molecule has 0 aliphatic heterocycles. The summed E-state index contributed by atoms with van der Waals surface area (Å²) in [5.41, 5.74) is 1.92. The van der Waals surface area contributed by atoms with Crippen molar-refractivity contribution in [2.75, 3.05) is 0 Å². The normalized spacial score (nSPS) is 12.7. The van der Waals surface area contributed by atoms with Gasteiger partial charge in [-0.05, 0) is 49.6 Å².